The van der Waals surface area contributed by atoms with Crippen molar-refractivity contribution in [2.75, 3.05) is 20.2 Å². The fourth-order valence-electron chi connectivity index (χ4n) is 3.96. The van der Waals surface area contributed by atoms with Gasteiger partial charge < -0.3 is 19.9 Å². The Hall–Kier alpha value is -1.63. The van der Waals surface area contributed by atoms with Crippen molar-refractivity contribution in [3.63, 3.8) is 0 Å². The zero-order valence-corrected chi connectivity index (χ0v) is 14.9. The van der Waals surface area contributed by atoms with Crippen LogP contribution in [0, 0.1) is 5.41 Å². The topological polar surface area (TPSA) is 76.4 Å². The normalized spacial score (nSPS) is 25.2. The van der Waals surface area contributed by atoms with Crippen LogP contribution in [0.4, 0.5) is 0 Å². The van der Waals surface area contributed by atoms with E-state index in [2.05, 4.69) is 32.7 Å². The highest BCUT2D eigenvalue weighted by atomic mass is 16.5. The fourth-order valence-corrected chi connectivity index (χ4v) is 3.96. The molecule has 2 aliphatic carbocycles. The molecule has 7 heteroatoms. The molecule has 1 aromatic heterocycles. The van der Waals surface area contributed by atoms with Gasteiger partial charge in [-0.3, -0.25) is 4.99 Å². The Balaban J connectivity index is 1.36. The maximum Gasteiger partial charge on any atom is 0.191 e. The highest BCUT2D eigenvalue weighted by molar-refractivity contribution is 5.80. The van der Waals surface area contributed by atoms with Crippen LogP contribution in [0.1, 0.15) is 45.4 Å². The number of ether oxygens (including phenoxy) is 1. The van der Waals surface area contributed by atoms with Crippen LogP contribution >= 0.6 is 0 Å². The van der Waals surface area contributed by atoms with Crippen molar-refractivity contribution in [1.82, 2.24) is 25.4 Å². The molecule has 2 unspecified atom stereocenters. The smallest absolute Gasteiger partial charge is 0.191 e. The maximum atomic E-state index is 5.92. The molecule has 1 heterocycles. The minimum absolute atomic E-state index is 0.363. The number of aryl methyl sites for hydroxylation is 1. The second-order valence-corrected chi connectivity index (χ2v) is 6.87. The second kappa shape index (κ2) is 7.96. The number of nitrogens with zero attached hydrogens (tertiary/aromatic N) is 4. The molecule has 1 spiro atoms. The van der Waals surface area contributed by atoms with E-state index in [-0.39, 0.29) is 0 Å². The van der Waals surface area contributed by atoms with Gasteiger partial charge in [-0.1, -0.05) is 6.42 Å². The van der Waals surface area contributed by atoms with Crippen LogP contribution in [-0.2, 0) is 11.3 Å². The van der Waals surface area contributed by atoms with Gasteiger partial charge in [-0.2, -0.15) is 0 Å². The fraction of sp³-hybridized carbons (Fsp3) is 0.824. The Labute approximate surface area is 144 Å². The average Bonchev–Trinajstić information content (AvgIpc) is 3.03. The Morgan fingerprint density at radius 1 is 1.33 bits per heavy atom. The van der Waals surface area contributed by atoms with E-state index in [1.165, 1.54) is 19.3 Å². The number of guanidine groups is 1. The predicted molar refractivity (Wildman–Crippen MR) is 93.9 cm³/mol. The summed E-state index contributed by atoms with van der Waals surface area (Å²) >= 11 is 0. The standard InChI is InChI=1S/C17H30N6O/c1-3-24-15-11-14(17(15)7-6-8-17)22-16(18-2)19-9-4-5-10-23-12-20-21-13-23/h12-15H,3-11H2,1-2H3,(H2,18,19,22). The van der Waals surface area contributed by atoms with Gasteiger partial charge in [-0.25, -0.2) is 0 Å². The van der Waals surface area contributed by atoms with Gasteiger partial charge in [0, 0.05) is 38.2 Å². The lowest BCUT2D eigenvalue weighted by atomic mass is 9.51. The molecule has 0 bridgehead atoms. The third-order valence-electron chi connectivity index (χ3n) is 5.57. The Morgan fingerprint density at radius 3 is 2.75 bits per heavy atom. The minimum atomic E-state index is 0.363. The molecule has 2 aliphatic rings. The number of nitrogens with one attached hydrogen (secondary N) is 2. The van der Waals surface area contributed by atoms with Crippen LogP contribution in [0.2, 0.25) is 0 Å². The van der Waals surface area contributed by atoms with Gasteiger partial charge in [0.15, 0.2) is 5.96 Å². The van der Waals surface area contributed by atoms with E-state index in [0.717, 1.165) is 44.9 Å². The van der Waals surface area contributed by atoms with Crippen molar-refractivity contribution >= 4 is 5.96 Å². The Bertz CT molecular complexity index is 525. The van der Waals surface area contributed by atoms with Crippen molar-refractivity contribution < 1.29 is 4.74 Å². The van der Waals surface area contributed by atoms with E-state index in [1.807, 2.05) is 11.6 Å². The lowest BCUT2D eigenvalue weighted by Crippen LogP contribution is -2.68. The van der Waals surface area contributed by atoms with Crippen molar-refractivity contribution in [2.24, 2.45) is 10.4 Å². The zero-order valence-electron chi connectivity index (χ0n) is 14.9. The molecule has 0 saturated heterocycles. The van der Waals surface area contributed by atoms with Gasteiger partial charge in [0.05, 0.1) is 6.10 Å². The Morgan fingerprint density at radius 2 is 2.12 bits per heavy atom. The van der Waals surface area contributed by atoms with E-state index >= 15 is 0 Å². The van der Waals surface area contributed by atoms with Crippen LogP contribution in [0.15, 0.2) is 17.6 Å². The summed E-state index contributed by atoms with van der Waals surface area (Å²) in [6.07, 6.45) is 11.2. The third kappa shape index (κ3) is 3.55. The molecule has 3 rings (SSSR count). The van der Waals surface area contributed by atoms with E-state index in [1.54, 1.807) is 12.7 Å². The number of aliphatic imine (C=N–C) groups is 1. The number of hydrogen-bond donors (Lipinski definition) is 2. The van der Waals surface area contributed by atoms with Crippen molar-refractivity contribution in [3.8, 4) is 0 Å². The number of unbranched alkanes of at least 4 members (excludes halogenated alkanes) is 1. The molecule has 2 saturated carbocycles. The summed E-state index contributed by atoms with van der Waals surface area (Å²) in [5.41, 5.74) is 0.363. The molecule has 1 aromatic rings. The average molecular weight is 334 g/mol. The molecule has 0 radical (unpaired) electrons. The van der Waals surface area contributed by atoms with Crippen molar-refractivity contribution in [1.29, 1.82) is 0 Å². The Kier molecular flexibility index (Phi) is 5.71. The molecule has 2 N–H and O–H groups in total. The number of hydrogen-bond acceptors (Lipinski definition) is 4. The van der Waals surface area contributed by atoms with Gasteiger partial charge in [-0.15, -0.1) is 10.2 Å². The molecular weight excluding hydrogens is 304 g/mol. The molecular formula is C17H30N6O. The first-order valence-corrected chi connectivity index (χ1v) is 9.19. The number of rotatable bonds is 8. The molecule has 0 amide bonds. The SMILES string of the molecule is CCOC1CC(NC(=NC)NCCCCn2cnnc2)C12CCC2. The number of aromatic nitrogens is 3. The van der Waals surface area contributed by atoms with Gasteiger partial charge in [0.1, 0.15) is 12.7 Å². The molecule has 0 aromatic carbocycles. The van der Waals surface area contributed by atoms with Crippen molar-refractivity contribution in [2.45, 2.75) is 64.1 Å². The summed E-state index contributed by atoms with van der Waals surface area (Å²) in [5, 5.41) is 14.7. The van der Waals surface area contributed by atoms with Gasteiger partial charge >= 0.3 is 0 Å². The summed E-state index contributed by atoms with van der Waals surface area (Å²) in [6.45, 7) is 4.80. The first-order chi connectivity index (χ1) is 11.8. The third-order valence-corrected chi connectivity index (χ3v) is 5.57. The maximum absolute atomic E-state index is 5.92. The van der Waals surface area contributed by atoms with E-state index in [4.69, 9.17) is 4.74 Å². The summed E-state index contributed by atoms with van der Waals surface area (Å²) in [4.78, 5) is 4.38. The molecule has 24 heavy (non-hydrogen) atoms. The van der Waals surface area contributed by atoms with Crippen LogP contribution in [0.5, 0.6) is 0 Å². The van der Waals surface area contributed by atoms with Crippen LogP contribution < -0.4 is 10.6 Å². The summed E-state index contributed by atoms with van der Waals surface area (Å²) in [7, 11) is 1.85. The van der Waals surface area contributed by atoms with Crippen LogP contribution in [0.3, 0.4) is 0 Å². The van der Waals surface area contributed by atoms with E-state index in [0.29, 0.717) is 17.6 Å². The minimum Gasteiger partial charge on any atom is -0.378 e. The van der Waals surface area contributed by atoms with Gasteiger partial charge in [0.2, 0.25) is 0 Å². The lowest BCUT2D eigenvalue weighted by Gasteiger charge is -2.61. The van der Waals surface area contributed by atoms with E-state index in [9.17, 15) is 0 Å². The van der Waals surface area contributed by atoms with Crippen LogP contribution in [0.25, 0.3) is 0 Å². The predicted octanol–water partition coefficient (Wildman–Crippen LogP) is 1.57. The largest absolute Gasteiger partial charge is 0.378 e. The van der Waals surface area contributed by atoms with E-state index < -0.39 is 0 Å². The molecule has 2 fully saturated rings. The first kappa shape index (κ1) is 17.2. The molecule has 7 nitrogen and oxygen atoms in total. The monoisotopic (exact) mass is 334 g/mol. The summed E-state index contributed by atoms with van der Waals surface area (Å²) in [5.74, 6) is 0.922. The summed E-state index contributed by atoms with van der Waals surface area (Å²) < 4.78 is 7.93. The van der Waals surface area contributed by atoms with Crippen molar-refractivity contribution in [3.05, 3.63) is 12.7 Å². The first-order valence-electron chi connectivity index (χ1n) is 9.19. The summed E-state index contributed by atoms with van der Waals surface area (Å²) in [6, 6.07) is 0.506. The quantitative estimate of drug-likeness (QED) is 0.429. The van der Waals surface area contributed by atoms with Gasteiger partial charge in [-0.05, 0) is 39.0 Å². The lowest BCUT2D eigenvalue weighted by molar-refractivity contribution is -0.168. The molecule has 134 valence electrons. The zero-order chi connectivity index (χ0) is 16.8. The van der Waals surface area contributed by atoms with Crippen LogP contribution in [-0.4, -0.2) is 53.1 Å². The highest BCUT2D eigenvalue weighted by Crippen LogP contribution is 2.57. The molecule has 0 aliphatic heterocycles. The second-order valence-electron chi connectivity index (χ2n) is 6.87. The molecule has 2 atom stereocenters. The highest BCUT2D eigenvalue weighted by Gasteiger charge is 2.59. The van der Waals surface area contributed by atoms with Gasteiger partial charge in [0.25, 0.3) is 0 Å².